The number of nitrogens with one attached hydrogen (secondary N) is 1. The third-order valence-corrected chi connectivity index (χ3v) is 7.06. The van der Waals surface area contributed by atoms with Gasteiger partial charge in [-0.2, -0.15) is 0 Å². The van der Waals surface area contributed by atoms with Gasteiger partial charge in [0.2, 0.25) is 21.8 Å². The van der Waals surface area contributed by atoms with E-state index in [-0.39, 0.29) is 31.3 Å². The Morgan fingerprint density at radius 1 is 1.03 bits per heavy atom. The monoisotopic (exact) mass is 531 g/mol. The lowest BCUT2D eigenvalue weighted by Crippen LogP contribution is -2.53. The summed E-state index contributed by atoms with van der Waals surface area (Å²) in [5.41, 5.74) is 2.02. The van der Waals surface area contributed by atoms with Crippen molar-refractivity contribution >= 4 is 27.5 Å². The van der Waals surface area contributed by atoms with Crippen molar-refractivity contribution in [2.24, 2.45) is 0 Å². The summed E-state index contributed by atoms with van der Waals surface area (Å²) in [5, 5.41) is 2.99. The molecule has 0 heterocycles. The summed E-state index contributed by atoms with van der Waals surface area (Å²) >= 11 is 0. The molecule has 2 aromatic rings. The summed E-state index contributed by atoms with van der Waals surface area (Å²) in [6, 6.07) is 14.0. The Hall–Kier alpha value is -3.07. The fourth-order valence-corrected chi connectivity index (χ4v) is 4.98. The van der Waals surface area contributed by atoms with Gasteiger partial charge in [0.25, 0.3) is 0 Å². The van der Waals surface area contributed by atoms with Gasteiger partial charge in [0.05, 0.1) is 19.1 Å². The van der Waals surface area contributed by atoms with Gasteiger partial charge in [0.15, 0.2) is 0 Å². The van der Waals surface area contributed by atoms with Gasteiger partial charge in [-0.25, -0.2) is 8.42 Å². The molecule has 0 aromatic heterocycles. The molecule has 1 unspecified atom stereocenters. The highest BCUT2D eigenvalue weighted by Crippen LogP contribution is 2.21. The Balaban J connectivity index is 2.23. The lowest BCUT2D eigenvalue weighted by atomic mass is 10.0. The van der Waals surface area contributed by atoms with Gasteiger partial charge in [-0.1, -0.05) is 36.8 Å². The third-order valence-electron chi connectivity index (χ3n) is 5.87. The molecule has 0 saturated carbocycles. The molecule has 37 heavy (non-hydrogen) atoms. The number of benzene rings is 2. The van der Waals surface area contributed by atoms with Gasteiger partial charge in [-0.05, 0) is 70.4 Å². The predicted molar refractivity (Wildman–Crippen MR) is 148 cm³/mol. The SMILES string of the molecule is CCC(C(=O)NC(C)(C)C)N(Cc1ccc(OC)cc1)C(=O)CCCN(c1ccc(C)cc1)S(C)(=O)=O. The predicted octanol–water partition coefficient (Wildman–Crippen LogP) is 4.27. The highest BCUT2D eigenvalue weighted by atomic mass is 32.2. The van der Waals surface area contributed by atoms with Crippen LogP contribution < -0.4 is 14.4 Å². The van der Waals surface area contributed by atoms with Crippen molar-refractivity contribution in [3.8, 4) is 5.75 Å². The van der Waals surface area contributed by atoms with Crippen LogP contribution in [-0.2, 0) is 26.2 Å². The van der Waals surface area contributed by atoms with Crippen LogP contribution in [-0.4, -0.2) is 56.6 Å². The number of rotatable bonds is 12. The van der Waals surface area contributed by atoms with Crippen LogP contribution in [0.15, 0.2) is 48.5 Å². The molecule has 2 amide bonds. The van der Waals surface area contributed by atoms with Crippen LogP contribution in [0.5, 0.6) is 5.75 Å². The van der Waals surface area contributed by atoms with Crippen molar-refractivity contribution in [3.63, 3.8) is 0 Å². The molecule has 9 heteroatoms. The fraction of sp³-hybridized carbons (Fsp3) is 0.500. The van der Waals surface area contributed by atoms with Crippen LogP contribution >= 0.6 is 0 Å². The van der Waals surface area contributed by atoms with E-state index in [1.165, 1.54) is 4.31 Å². The third kappa shape index (κ3) is 9.39. The van der Waals surface area contributed by atoms with E-state index >= 15 is 0 Å². The maximum atomic E-state index is 13.5. The molecule has 204 valence electrons. The summed E-state index contributed by atoms with van der Waals surface area (Å²) in [4.78, 5) is 28.2. The number of carbonyl (C=O) groups excluding carboxylic acids is 2. The minimum Gasteiger partial charge on any atom is -0.497 e. The van der Waals surface area contributed by atoms with Crippen molar-refractivity contribution in [1.82, 2.24) is 10.2 Å². The molecule has 0 bridgehead atoms. The second-order valence-electron chi connectivity index (χ2n) is 10.3. The standard InChI is InChI=1S/C28H41N3O5S/c1-8-25(27(33)29-28(3,4)5)30(20-22-13-17-24(36-6)18-14-22)26(32)10-9-19-31(37(7,34)35)23-15-11-21(2)12-16-23/h11-18,25H,8-10,19-20H2,1-7H3,(H,29,33). The van der Waals surface area contributed by atoms with Crippen molar-refractivity contribution in [3.05, 3.63) is 59.7 Å². The summed E-state index contributed by atoms with van der Waals surface area (Å²) in [5.74, 6) is 0.287. The minimum absolute atomic E-state index is 0.104. The second-order valence-corrected chi connectivity index (χ2v) is 12.2. The highest BCUT2D eigenvalue weighted by Gasteiger charge is 2.30. The Morgan fingerprint density at radius 3 is 2.11 bits per heavy atom. The molecule has 1 atom stereocenters. The number of anilines is 1. The lowest BCUT2D eigenvalue weighted by Gasteiger charge is -2.33. The van der Waals surface area contributed by atoms with E-state index in [1.807, 2.05) is 71.0 Å². The number of methoxy groups -OCH3 is 1. The van der Waals surface area contributed by atoms with Crippen LogP contribution in [0, 0.1) is 6.92 Å². The van der Waals surface area contributed by atoms with E-state index in [1.54, 1.807) is 24.1 Å². The van der Waals surface area contributed by atoms with Gasteiger partial charge < -0.3 is 15.0 Å². The smallest absolute Gasteiger partial charge is 0.243 e. The zero-order valence-electron chi connectivity index (χ0n) is 23.1. The summed E-state index contributed by atoms with van der Waals surface area (Å²) in [7, 11) is -1.94. The van der Waals surface area contributed by atoms with Crippen molar-refractivity contribution in [1.29, 1.82) is 0 Å². The summed E-state index contributed by atoms with van der Waals surface area (Å²) in [6.45, 7) is 9.94. The zero-order chi connectivity index (χ0) is 27.8. The molecule has 0 aliphatic carbocycles. The molecule has 2 aromatic carbocycles. The highest BCUT2D eigenvalue weighted by molar-refractivity contribution is 7.92. The number of hydrogen-bond acceptors (Lipinski definition) is 5. The van der Waals surface area contributed by atoms with Crippen molar-refractivity contribution in [2.45, 2.75) is 72.0 Å². The van der Waals surface area contributed by atoms with Gasteiger partial charge in [-0.15, -0.1) is 0 Å². The van der Waals surface area contributed by atoms with Crippen molar-refractivity contribution in [2.75, 3.05) is 24.2 Å². The molecule has 1 N–H and O–H groups in total. The molecule has 8 nitrogen and oxygen atoms in total. The van der Waals surface area contributed by atoms with E-state index in [4.69, 9.17) is 4.74 Å². The van der Waals surface area contributed by atoms with Crippen molar-refractivity contribution < 1.29 is 22.7 Å². The maximum Gasteiger partial charge on any atom is 0.243 e. The Bertz CT molecular complexity index is 1140. The van der Waals surface area contributed by atoms with E-state index in [2.05, 4.69) is 5.32 Å². The molecule has 0 aliphatic heterocycles. The molecule has 0 saturated heterocycles. The van der Waals surface area contributed by atoms with Gasteiger partial charge >= 0.3 is 0 Å². The van der Waals surface area contributed by atoms with Crippen LogP contribution in [0.25, 0.3) is 0 Å². The van der Waals surface area contributed by atoms with Crippen LogP contribution in [0.4, 0.5) is 5.69 Å². The molecule has 0 radical (unpaired) electrons. The Morgan fingerprint density at radius 2 is 1.62 bits per heavy atom. The number of nitrogens with zero attached hydrogens (tertiary/aromatic N) is 2. The first-order chi connectivity index (χ1) is 17.2. The van der Waals surface area contributed by atoms with E-state index < -0.39 is 21.6 Å². The van der Waals surface area contributed by atoms with Crippen LogP contribution in [0.1, 0.15) is 58.1 Å². The lowest BCUT2D eigenvalue weighted by molar-refractivity contribution is -0.142. The second kappa shape index (κ2) is 12.9. The average molecular weight is 532 g/mol. The molecular formula is C28H41N3O5S. The number of ether oxygens (including phenoxy) is 1. The van der Waals surface area contributed by atoms with Gasteiger partial charge in [0, 0.05) is 25.0 Å². The molecule has 0 spiro atoms. The van der Waals surface area contributed by atoms with E-state index in [0.29, 0.717) is 24.3 Å². The fourth-order valence-electron chi connectivity index (χ4n) is 4.01. The maximum absolute atomic E-state index is 13.5. The Labute approximate surface area is 222 Å². The first-order valence-corrected chi connectivity index (χ1v) is 14.4. The number of hydrogen-bond donors (Lipinski definition) is 1. The quantitative estimate of drug-likeness (QED) is 0.441. The molecule has 0 aliphatic rings. The average Bonchev–Trinajstić information content (AvgIpc) is 2.81. The molecule has 0 fully saturated rings. The largest absolute Gasteiger partial charge is 0.497 e. The summed E-state index contributed by atoms with van der Waals surface area (Å²) in [6.07, 6.45) is 2.03. The minimum atomic E-state index is -3.53. The number of sulfonamides is 1. The zero-order valence-corrected chi connectivity index (χ0v) is 23.9. The number of carbonyl (C=O) groups is 2. The molecule has 2 rings (SSSR count). The van der Waals surface area contributed by atoms with E-state index in [9.17, 15) is 18.0 Å². The first kappa shape index (κ1) is 30.2. The number of aryl methyl sites for hydroxylation is 1. The summed E-state index contributed by atoms with van der Waals surface area (Å²) < 4.78 is 31.5. The number of amides is 2. The van der Waals surface area contributed by atoms with Gasteiger partial charge in [0.1, 0.15) is 11.8 Å². The molecular weight excluding hydrogens is 490 g/mol. The topological polar surface area (TPSA) is 96.0 Å². The van der Waals surface area contributed by atoms with E-state index in [0.717, 1.165) is 17.4 Å². The normalized spacial score (nSPS) is 12.5. The van der Waals surface area contributed by atoms with Crippen LogP contribution in [0.2, 0.25) is 0 Å². The Kier molecular flexibility index (Phi) is 10.5. The van der Waals surface area contributed by atoms with Crippen LogP contribution in [0.3, 0.4) is 0 Å². The van der Waals surface area contributed by atoms with Gasteiger partial charge in [-0.3, -0.25) is 13.9 Å². The first-order valence-electron chi connectivity index (χ1n) is 12.5.